The third-order valence-corrected chi connectivity index (χ3v) is 4.20. The first-order valence-corrected chi connectivity index (χ1v) is 7.34. The SMILES string of the molecule is CC1C=CN=C(Oc2ccc(CC3CC3)cc2F)C1C. The van der Waals surface area contributed by atoms with Gasteiger partial charge in [-0.2, -0.15) is 0 Å². The molecule has 2 nitrogen and oxygen atoms in total. The molecular formula is C17H20FNO. The van der Waals surface area contributed by atoms with Crippen molar-refractivity contribution in [2.75, 3.05) is 0 Å². The number of nitrogens with zero attached hydrogens (tertiary/aromatic N) is 1. The molecule has 0 aromatic heterocycles. The van der Waals surface area contributed by atoms with Crippen LogP contribution in [0.25, 0.3) is 0 Å². The first-order valence-electron chi connectivity index (χ1n) is 7.34. The van der Waals surface area contributed by atoms with Gasteiger partial charge in [0.25, 0.3) is 0 Å². The fourth-order valence-electron chi connectivity index (χ4n) is 2.40. The molecule has 1 aromatic rings. The average Bonchev–Trinajstić information content (AvgIpc) is 3.22. The maximum absolute atomic E-state index is 14.1. The van der Waals surface area contributed by atoms with Crippen molar-refractivity contribution < 1.29 is 9.13 Å². The van der Waals surface area contributed by atoms with Gasteiger partial charge in [0.15, 0.2) is 17.5 Å². The zero-order valence-corrected chi connectivity index (χ0v) is 12.0. The van der Waals surface area contributed by atoms with Gasteiger partial charge in [0.05, 0.1) is 0 Å². The molecule has 3 rings (SSSR count). The van der Waals surface area contributed by atoms with Gasteiger partial charge in [-0.1, -0.05) is 26.0 Å². The van der Waals surface area contributed by atoms with E-state index in [1.807, 2.05) is 19.1 Å². The topological polar surface area (TPSA) is 21.6 Å². The van der Waals surface area contributed by atoms with Crippen molar-refractivity contribution in [1.29, 1.82) is 0 Å². The zero-order chi connectivity index (χ0) is 14.1. The molecule has 0 N–H and O–H groups in total. The van der Waals surface area contributed by atoms with E-state index in [4.69, 9.17) is 4.74 Å². The minimum absolute atomic E-state index is 0.172. The van der Waals surface area contributed by atoms with E-state index >= 15 is 0 Å². The van der Waals surface area contributed by atoms with Crippen LogP contribution in [0.15, 0.2) is 35.5 Å². The highest BCUT2D eigenvalue weighted by molar-refractivity contribution is 5.82. The maximum atomic E-state index is 14.1. The van der Waals surface area contributed by atoms with Crippen LogP contribution in [-0.2, 0) is 6.42 Å². The molecule has 1 fully saturated rings. The molecule has 0 bridgehead atoms. The fraction of sp³-hybridized carbons (Fsp3) is 0.471. The van der Waals surface area contributed by atoms with Crippen LogP contribution in [0.5, 0.6) is 5.75 Å². The zero-order valence-electron chi connectivity index (χ0n) is 12.0. The molecule has 0 radical (unpaired) electrons. The van der Waals surface area contributed by atoms with Crippen LogP contribution in [0, 0.1) is 23.6 Å². The Bertz CT molecular complexity index is 560. The minimum Gasteiger partial charge on any atom is -0.440 e. The molecule has 20 heavy (non-hydrogen) atoms. The van der Waals surface area contributed by atoms with Crippen LogP contribution in [0.2, 0.25) is 0 Å². The van der Waals surface area contributed by atoms with Gasteiger partial charge in [-0.25, -0.2) is 9.38 Å². The predicted molar refractivity (Wildman–Crippen MR) is 78.4 cm³/mol. The Morgan fingerprint density at radius 3 is 2.80 bits per heavy atom. The highest BCUT2D eigenvalue weighted by atomic mass is 19.1. The second kappa shape index (κ2) is 5.39. The summed E-state index contributed by atoms with van der Waals surface area (Å²) in [5, 5.41) is 0. The van der Waals surface area contributed by atoms with E-state index in [1.54, 1.807) is 18.3 Å². The summed E-state index contributed by atoms with van der Waals surface area (Å²) in [7, 11) is 0. The molecule has 0 spiro atoms. The molecule has 3 heteroatoms. The number of hydrogen-bond donors (Lipinski definition) is 0. The molecule has 0 saturated heterocycles. The highest BCUT2D eigenvalue weighted by Crippen LogP contribution is 2.33. The van der Waals surface area contributed by atoms with Gasteiger partial charge in [-0.15, -0.1) is 0 Å². The Kier molecular flexibility index (Phi) is 3.60. The number of aliphatic imine (C=N–C) groups is 1. The summed E-state index contributed by atoms with van der Waals surface area (Å²) >= 11 is 0. The van der Waals surface area contributed by atoms with E-state index in [0.29, 0.717) is 11.8 Å². The van der Waals surface area contributed by atoms with Crippen molar-refractivity contribution in [3.63, 3.8) is 0 Å². The maximum Gasteiger partial charge on any atom is 0.198 e. The predicted octanol–water partition coefficient (Wildman–Crippen LogP) is 4.36. The molecule has 0 amide bonds. The third-order valence-electron chi connectivity index (χ3n) is 4.20. The van der Waals surface area contributed by atoms with Gasteiger partial charge >= 0.3 is 0 Å². The Morgan fingerprint density at radius 2 is 2.10 bits per heavy atom. The summed E-state index contributed by atoms with van der Waals surface area (Å²) in [5.74, 6) is 1.87. The summed E-state index contributed by atoms with van der Waals surface area (Å²) in [6.07, 6.45) is 7.30. The quantitative estimate of drug-likeness (QED) is 0.802. The molecule has 1 aromatic carbocycles. The largest absolute Gasteiger partial charge is 0.440 e. The number of hydrogen-bond acceptors (Lipinski definition) is 2. The van der Waals surface area contributed by atoms with Crippen molar-refractivity contribution in [2.45, 2.75) is 33.1 Å². The third kappa shape index (κ3) is 2.92. The van der Waals surface area contributed by atoms with Crippen LogP contribution in [0.3, 0.4) is 0 Å². The summed E-state index contributed by atoms with van der Waals surface area (Å²) in [5.41, 5.74) is 1.06. The van der Waals surface area contributed by atoms with E-state index in [-0.39, 0.29) is 17.5 Å². The summed E-state index contributed by atoms with van der Waals surface area (Å²) in [6, 6.07) is 5.29. The lowest BCUT2D eigenvalue weighted by Gasteiger charge is -2.22. The van der Waals surface area contributed by atoms with Crippen molar-refractivity contribution in [2.24, 2.45) is 22.7 Å². The smallest absolute Gasteiger partial charge is 0.198 e. The fourth-order valence-corrected chi connectivity index (χ4v) is 2.40. The van der Waals surface area contributed by atoms with E-state index in [1.165, 1.54) is 12.8 Å². The van der Waals surface area contributed by atoms with Gasteiger partial charge < -0.3 is 4.74 Å². The summed E-state index contributed by atoms with van der Waals surface area (Å²) in [4.78, 5) is 4.23. The van der Waals surface area contributed by atoms with Crippen molar-refractivity contribution >= 4 is 5.90 Å². The average molecular weight is 273 g/mol. The minimum atomic E-state index is -0.291. The molecular weight excluding hydrogens is 253 g/mol. The van der Waals surface area contributed by atoms with Crippen molar-refractivity contribution in [1.82, 2.24) is 0 Å². The summed E-state index contributed by atoms with van der Waals surface area (Å²) < 4.78 is 19.8. The van der Waals surface area contributed by atoms with Gasteiger partial charge in [-0.05, 0) is 48.8 Å². The lowest BCUT2D eigenvalue weighted by atomic mass is 9.94. The molecule has 2 aliphatic rings. The van der Waals surface area contributed by atoms with E-state index in [9.17, 15) is 4.39 Å². The number of ether oxygens (including phenoxy) is 1. The first-order chi connectivity index (χ1) is 9.63. The Hall–Kier alpha value is -1.64. The number of allylic oxidation sites excluding steroid dienone is 1. The van der Waals surface area contributed by atoms with Crippen LogP contribution >= 0.6 is 0 Å². The molecule has 2 atom stereocenters. The molecule has 2 unspecified atom stereocenters. The standard InChI is InChI=1S/C17H20FNO/c1-11-7-8-19-17(12(11)2)20-16-6-5-14(10-15(16)18)9-13-3-4-13/h5-8,10-13H,3-4,9H2,1-2H3. The molecule has 1 aliphatic heterocycles. The molecule has 1 aliphatic carbocycles. The van der Waals surface area contributed by atoms with Crippen LogP contribution < -0.4 is 4.74 Å². The lowest BCUT2D eigenvalue weighted by Crippen LogP contribution is -2.25. The molecule has 1 heterocycles. The monoisotopic (exact) mass is 273 g/mol. The summed E-state index contributed by atoms with van der Waals surface area (Å²) in [6.45, 7) is 4.15. The van der Waals surface area contributed by atoms with E-state index < -0.39 is 0 Å². The Balaban J connectivity index is 1.73. The van der Waals surface area contributed by atoms with Gasteiger partial charge in [0.1, 0.15) is 0 Å². The van der Waals surface area contributed by atoms with Crippen molar-refractivity contribution in [3.8, 4) is 5.75 Å². The van der Waals surface area contributed by atoms with Gasteiger partial charge in [0.2, 0.25) is 0 Å². The second-order valence-electron chi connectivity index (χ2n) is 5.97. The first kappa shape index (κ1) is 13.3. The normalized spacial score (nSPS) is 25.4. The number of benzene rings is 1. The van der Waals surface area contributed by atoms with Crippen LogP contribution in [0.4, 0.5) is 4.39 Å². The van der Waals surface area contributed by atoms with Crippen molar-refractivity contribution in [3.05, 3.63) is 41.9 Å². The van der Waals surface area contributed by atoms with Gasteiger partial charge in [0, 0.05) is 12.1 Å². The van der Waals surface area contributed by atoms with Crippen LogP contribution in [0.1, 0.15) is 32.3 Å². The van der Waals surface area contributed by atoms with E-state index in [0.717, 1.165) is 17.9 Å². The highest BCUT2D eigenvalue weighted by Gasteiger charge is 2.23. The Morgan fingerprint density at radius 1 is 1.30 bits per heavy atom. The molecule has 106 valence electrons. The number of halogens is 1. The Labute approximate surface area is 119 Å². The lowest BCUT2D eigenvalue weighted by molar-refractivity contribution is 0.426. The van der Waals surface area contributed by atoms with Crippen LogP contribution in [-0.4, -0.2) is 5.90 Å². The second-order valence-corrected chi connectivity index (χ2v) is 5.97. The molecule has 1 saturated carbocycles. The van der Waals surface area contributed by atoms with Gasteiger partial charge in [-0.3, -0.25) is 0 Å². The van der Waals surface area contributed by atoms with E-state index in [2.05, 4.69) is 11.9 Å². The number of rotatable bonds is 3.